The van der Waals surface area contributed by atoms with Crippen LogP contribution in [0.25, 0.3) is 0 Å². The summed E-state index contributed by atoms with van der Waals surface area (Å²) in [6, 6.07) is 0. The first-order valence-corrected chi connectivity index (χ1v) is 18.6. The lowest BCUT2D eigenvalue weighted by Gasteiger charge is -2.24. The Morgan fingerprint density at radius 1 is 0.659 bits per heavy atom. The summed E-state index contributed by atoms with van der Waals surface area (Å²) in [6.45, 7) is 4.11. The number of rotatable bonds is 25. The van der Waals surface area contributed by atoms with E-state index in [1.165, 1.54) is 64.2 Å². The number of hydrogen-bond donors (Lipinski definition) is 3. The maximum atomic E-state index is 11.7. The van der Waals surface area contributed by atoms with Crippen LogP contribution in [-0.2, 0) is 19.0 Å². The lowest BCUT2D eigenvalue weighted by molar-refractivity contribution is -0.139. The minimum atomic E-state index is -0.406. The van der Waals surface area contributed by atoms with Gasteiger partial charge < -0.3 is 29.5 Å². The molecule has 3 aliphatic rings. The second-order valence-corrected chi connectivity index (χ2v) is 14.0. The van der Waals surface area contributed by atoms with Crippen molar-refractivity contribution in [1.82, 2.24) is 0 Å². The van der Waals surface area contributed by atoms with E-state index in [-0.39, 0.29) is 48.7 Å². The molecule has 7 nitrogen and oxygen atoms in total. The van der Waals surface area contributed by atoms with E-state index in [0.29, 0.717) is 18.4 Å². The monoisotopic (exact) mass is 622 g/mol. The fourth-order valence-electron chi connectivity index (χ4n) is 7.25. The van der Waals surface area contributed by atoms with Gasteiger partial charge in [0.25, 0.3) is 0 Å². The standard InChI is InChI=1S/C37H66O7/c1-3-4-5-6-7-10-13-16-19-31(39)33-23-25-35(43-33)36-26-24-34(44-36)32(40)20-17-14-11-8-9-12-15-18-30(38)22-21-29-27-28(2)42-37(29)41/h27-28,30-36,38-40H,3-26H2,1-2H3/t28-,30+,31+,32+,33+,34+,35+,36+/m1/s1. The molecular formula is C37H66O7. The SMILES string of the molecule is CCCCCCCCCC[C@H](O)[C@@H]1CC[C@@H]([C@@H]2CC[C@@H]([C@@H](O)CCCCCCCCC[C@H](O)CCC3=C[C@@H](C)OC3=O)O2)O1. The van der Waals surface area contributed by atoms with Crippen LogP contribution in [0.1, 0.15) is 168 Å². The highest BCUT2D eigenvalue weighted by Gasteiger charge is 2.40. The number of carbonyl (C=O) groups is 1. The van der Waals surface area contributed by atoms with Gasteiger partial charge in [-0.25, -0.2) is 4.79 Å². The van der Waals surface area contributed by atoms with Crippen LogP contribution in [0.2, 0.25) is 0 Å². The van der Waals surface area contributed by atoms with Crippen molar-refractivity contribution in [1.29, 1.82) is 0 Å². The zero-order valence-corrected chi connectivity index (χ0v) is 28.1. The van der Waals surface area contributed by atoms with Crippen LogP contribution >= 0.6 is 0 Å². The molecule has 3 heterocycles. The Bertz CT molecular complexity index is 801. The molecule has 0 radical (unpaired) electrons. The van der Waals surface area contributed by atoms with Gasteiger partial charge in [0.15, 0.2) is 0 Å². The Hall–Kier alpha value is -0.990. The largest absolute Gasteiger partial charge is 0.455 e. The molecule has 0 unspecified atom stereocenters. The van der Waals surface area contributed by atoms with Gasteiger partial charge in [0.05, 0.1) is 42.7 Å². The van der Waals surface area contributed by atoms with E-state index >= 15 is 0 Å². The van der Waals surface area contributed by atoms with Gasteiger partial charge in [-0.15, -0.1) is 0 Å². The van der Waals surface area contributed by atoms with Gasteiger partial charge in [0, 0.05) is 5.57 Å². The van der Waals surface area contributed by atoms with Gasteiger partial charge in [0.2, 0.25) is 0 Å². The topological polar surface area (TPSA) is 105 Å². The van der Waals surface area contributed by atoms with E-state index in [2.05, 4.69) is 6.92 Å². The van der Waals surface area contributed by atoms with Crippen LogP contribution in [0.5, 0.6) is 0 Å². The molecular weight excluding hydrogens is 556 g/mol. The fourth-order valence-corrected chi connectivity index (χ4v) is 7.25. The lowest BCUT2D eigenvalue weighted by Crippen LogP contribution is -2.33. The molecule has 8 atom stereocenters. The Labute approximate surface area is 268 Å². The van der Waals surface area contributed by atoms with Crippen LogP contribution in [0, 0.1) is 0 Å². The Morgan fingerprint density at radius 3 is 1.57 bits per heavy atom. The normalized spacial score (nSPS) is 27.4. The molecule has 0 amide bonds. The lowest BCUT2D eigenvalue weighted by atomic mass is 10.00. The third kappa shape index (κ3) is 14.2. The molecule has 7 heteroatoms. The summed E-state index contributed by atoms with van der Waals surface area (Å²) in [6.07, 6.45) is 25.9. The smallest absolute Gasteiger partial charge is 0.334 e. The van der Waals surface area contributed by atoms with Crippen LogP contribution in [0.3, 0.4) is 0 Å². The molecule has 2 saturated heterocycles. The quantitative estimate of drug-likeness (QED) is 0.0703. The minimum absolute atomic E-state index is 0.0495. The summed E-state index contributed by atoms with van der Waals surface area (Å²) in [5, 5.41) is 31.7. The van der Waals surface area contributed by atoms with E-state index in [9.17, 15) is 20.1 Å². The highest BCUT2D eigenvalue weighted by molar-refractivity contribution is 5.90. The molecule has 0 bridgehead atoms. The maximum Gasteiger partial charge on any atom is 0.334 e. The number of cyclic esters (lactones) is 1. The summed E-state index contributed by atoms with van der Waals surface area (Å²) in [5.41, 5.74) is 0.706. The van der Waals surface area contributed by atoms with Gasteiger partial charge >= 0.3 is 5.97 Å². The highest BCUT2D eigenvalue weighted by atomic mass is 16.6. The van der Waals surface area contributed by atoms with E-state index in [0.717, 1.165) is 77.0 Å². The molecule has 2 fully saturated rings. The van der Waals surface area contributed by atoms with Gasteiger partial charge in [-0.05, 0) is 70.8 Å². The van der Waals surface area contributed by atoms with Crippen molar-refractivity contribution in [3.63, 3.8) is 0 Å². The van der Waals surface area contributed by atoms with Crippen molar-refractivity contribution in [2.24, 2.45) is 0 Å². The number of carbonyl (C=O) groups excluding carboxylic acids is 1. The Kier molecular flexibility index (Phi) is 18.5. The van der Waals surface area contributed by atoms with Crippen LogP contribution in [0.15, 0.2) is 11.6 Å². The molecule has 0 saturated carbocycles. The molecule has 44 heavy (non-hydrogen) atoms. The minimum Gasteiger partial charge on any atom is -0.455 e. The first-order chi connectivity index (χ1) is 21.4. The van der Waals surface area contributed by atoms with Crippen molar-refractivity contribution in [2.45, 2.75) is 217 Å². The maximum absolute atomic E-state index is 11.7. The van der Waals surface area contributed by atoms with E-state index in [1.807, 2.05) is 13.0 Å². The van der Waals surface area contributed by atoms with Gasteiger partial charge in [-0.3, -0.25) is 0 Å². The Morgan fingerprint density at radius 2 is 1.11 bits per heavy atom. The molecule has 3 N–H and O–H groups in total. The van der Waals surface area contributed by atoms with Gasteiger partial charge in [-0.2, -0.15) is 0 Å². The fraction of sp³-hybridized carbons (Fsp3) is 0.919. The van der Waals surface area contributed by atoms with Crippen LogP contribution in [0.4, 0.5) is 0 Å². The average molecular weight is 623 g/mol. The zero-order chi connectivity index (χ0) is 31.6. The first kappa shape index (κ1) is 37.5. The third-order valence-corrected chi connectivity index (χ3v) is 10.1. The third-order valence-electron chi connectivity index (χ3n) is 10.1. The average Bonchev–Trinajstić information content (AvgIpc) is 3.76. The van der Waals surface area contributed by atoms with Crippen molar-refractivity contribution in [3.8, 4) is 0 Å². The zero-order valence-electron chi connectivity index (χ0n) is 28.1. The highest BCUT2D eigenvalue weighted by Crippen LogP contribution is 2.34. The second kappa shape index (κ2) is 21.7. The van der Waals surface area contributed by atoms with Gasteiger partial charge in [-0.1, -0.05) is 103 Å². The predicted octanol–water partition coefficient (Wildman–Crippen LogP) is 7.86. The van der Waals surface area contributed by atoms with Crippen LogP contribution < -0.4 is 0 Å². The molecule has 3 rings (SSSR count). The predicted molar refractivity (Wildman–Crippen MR) is 175 cm³/mol. The molecule has 0 aromatic heterocycles. The van der Waals surface area contributed by atoms with Crippen molar-refractivity contribution >= 4 is 5.97 Å². The van der Waals surface area contributed by atoms with Gasteiger partial charge in [0.1, 0.15) is 6.10 Å². The second-order valence-electron chi connectivity index (χ2n) is 14.0. The number of aliphatic hydroxyl groups is 3. The summed E-state index contributed by atoms with van der Waals surface area (Å²) < 4.78 is 17.7. The number of aliphatic hydroxyl groups excluding tert-OH is 3. The molecule has 0 spiro atoms. The summed E-state index contributed by atoms with van der Waals surface area (Å²) in [4.78, 5) is 11.7. The number of hydrogen-bond acceptors (Lipinski definition) is 7. The first-order valence-electron chi connectivity index (χ1n) is 18.6. The van der Waals surface area contributed by atoms with Crippen molar-refractivity contribution < 1.29 is 34.3 Å². The molecule has 0 aromatic carbocycles. The van der Waals surface area contributed by atoms with E-state index in [4.69, 9.17) is 14.2 Å². The number of esters is 1. The summed E-state index contributed by atoms with van der Waals surface area (Å²) in [7, 11) is 0. The molecule has 3 aliphatic heterocycles. The van der Waals surface area contributed by atoms with Crippen molar-refractivity contribution in [3.05, 3.63) is 11.6 Å². The van der Waals surface area contributed by atoms with Crippen LogP contribution in [-0.4, -0.2) is 70.1 Å². The number of ether oxygens (including phenoxy) is 3. The molecule has 0 aromatic rings. The molecule has 0 aliphatic carbocycles. The van der Waals surface area contributed by atoms with E-state index in [1.54, 1.807) is 0 Å². The summed E-state index contributed by atoms with van der Waals surface area (Å²) in [5.74, 6) is -0.231. The summed E-state index contributed by atoms with van der Waals surface area (Å²) >= 11 is 0. The van der Waals surface area contributed by atoms with E-state index < -0.39 is 6.10 Å². The Balaban J connectivity index is 1.13. The van der Waals surface area contributed by atoms with Crippen molar-refractivity contribution in [2.75, 3.05) is 0 Å². The number of unbranched alkanes of at least 4 members (excludes halogenated alkanes) is 13. The molecule has 256 valence electrons.